The van der Waals surface area contributed by atoms with Gasteiger partial charge >= 0.3 is 27.6 Å². The fraction of sp³-hybridized carbons (Fsp3) is 0.829. The molecule has 0 aliphatic heterocycles. The number of carbonyl (C=O) groups excluding carboxylic acids is 3. The summed E-state index contributed by atoms with van der Waals surface area (Å²) in [5.74, 6) is -1.34. The average molecular weight is 885 g/mol. The third-order valence-electron chi connectivity index (χ3n) is 10.3. The van der Waals surface area contributed by atoms with E-state index in [0.29, 0.717) is 32.1 Å². The maximum absolute atomic E-state index is 12.7. The Morgan fingerprint density at radius 3 is 2.05 bits per heavy atom. The Bertz CT molecular complexity index is 1320. The van der Waals surface area contributed by atoms with E-state index in [9.17, 15) is 43.7 Å². The maximum Gasteiger partial charge on any atom is 0.472 e. The molecule has 8 atom stereocenters. The van der Waals surface area contributed by atoms with Crippen LogP contribution in [0.4, 0.5) is 0 Å². The van der Waals surface area contributed by atoms with E-state index >= 15 is 0 Å². The summed E-state index contributed by atoms with van der Waals surface area (Å²) < 4.78 is 47.7. The van der Waals surface area contributed by atoms with Crippen LogP contribution in [0, 0.1) is 17.8 Å². The van der Waals surface area contributed by atoms with E-state index in [-0.39, 0.29) is 31.0 Å². The summed E-state index contributed by atoms with van der Waals surface area (Å²) in [4.78, 5) is 65.3. The Hall–Kier alpha value is -1.81. The number of allylic oxidation sites excluding steroid dienone is 3. The first-order valence-electron chi connectivity index (χ1n) is 21.5. The first kappa shape index (κ1) is 55.2. The third kappa shape index (κ3) is 29.2. The van der Waals surface area contributed by atoms with Gasteiger partial charge in [-0.25, -0.2) is 9.13 Å². The van der Waals surface area contributed by atoms with Crippen molar-refractivity contribution in [3.63, 3.8) is 0 Å². The normalized spacial score (nSPS) is 20.5. The van der Waals surface area contributed by atoms with Crippen LogP contribution in [0.5, 0.6) is 0 Å². The lowest BCUT2D eigenvalue weighted by Gasteiger charge is -2.20. The number of phosphoric ester groups is 2. The predicted molar refractivity (Wildman–Crippen MR) is 222 cm³/mol. The molecule has 18 heteroatoms. The minimum atomic E-state index is -4.90. The summed E-state index contributed by atoms with van der Waals surface area (Å²) in [6.45, 7) is 3.62. The second-order valence-corrected chi connectivity index (χ2v) is 18.3. The van der Waals surface area contributed by atoms with E-state index in [2.05, 4.69) is 29.8 Å². The van der Waals surface area contributed by atoms with Crippen LogP contribution >= 0.6 is 15.6 Å². The lowest BCUT2D eigenvalue weighted by atomic mass is 9.90. The summed E-state index contributed by atoms with van der Waals surface area (Å²) in [7, 11) is -9.77. The highest BCUT2D eigenvalue weighted by Gasteiger charge is 2.39. The summed E-state index contributed by atoms with van der Waals surface area (Å²) >= 11 is 0. The van der Waals surface area contributed by atoms with Crippen molar-refractivity contribution in [2.75, 3.05) is 26.4 Å². The van der Waals surface area contributed by atoms with Crippen LogP contribution < -0.4 is 0 Å². The van der Waals surface area contributed by atoms with Crippen molar-refractivity contribution in [2.24, 2.45) is 17.8 Å². The molecule has 0 spiro atoms. The Kier molecular flexibility index (Phi) is 29.9. The number of phosphoric acid groups is 2. The quantitative estimate of drug-likeness (QED) is 0.0158. The molecule has 2 unspecified atom stereocenters. The Labute approximate surface area is 351 Å². The second kappa shape index (κ2) is 32.0. The van der Waals surface area contributed by atoms with Crippen LogP contribution in [-0.4, -0.2) is 98.6 Å². The molecule has 0 aromatic heterocycles. The zero-order valence-electron chi connectivity index (χ0n) is 35.5. The number of carbonyl (C=O) groups is 3. The van der Waals surface area contributed by atoms with E-state index in [0.717, 1.165) is 50.9 Å². The van der Waals surface area contributed by atoms with E-state index in [1.54, 1.807) is 12.2 Å². The average Bonchev–Trinajstić information content (AvgIpc) is 3.45. The molecule has 16 nitrogen and oxygen atoms in total. The zero-order chi connectivity index (χ0) is 44.1. The SMILES string of the molecule is CCCCC[C@H](O)/C=C/[C@H]1C(=O)C[C@H](O)[C@@H]1C/C=C\CCCC(=O)O[C@H](COC(=O)CCCCCCCCCCC(C)CC)COP(=O)(O)OC[C@@H](O)COP(=O)(O)O. The van der Waals surface area contributed by atoms with Crippen molar-refractivity contribution in [2.45, 2.75) is 174 Å². The van der Waals surface area contributed by atoms with Crippen LogP contribution in [0.1, 0.15) is 149 Å². The molecule has 1 aliphatic carbocycles. The number of ketones is 1. The van der Waals surface area contributed by atoms with Crippen molar-refractivity contribution < 1.29 is 76.6 Å². The van der Waals surface area contributed by atoms with Crippen molar-refractivity contribution in [3.8, 4) is 0 Å². The largest absolute Gasteiger partial charge is 0.472 e. The number of aliphatic hydroxyl groups excluding tert-OH is 3. The van der Waals surface area contributed by atoms with Gasteiger partial charge in [-0.3, -0.25) is 28.0 Å². The van der Waals surface area contributed by atoms with Crippen LogP contribution in [0.15, 0.2) is 24.3 Å². The first-order chi connectivity index (χ1) is 28.0. The third-order valence-corrected chi connectivity index (χ3v) is 11.7. The van der Waals surface area contributed by atoms with Gasteiger partial charge in [-0.2, -0.15) is 0 Å². The van der Waals surface area contributed by atoms with Gasteiger partial charge in [0, 0.05) is 31.1 Å². The van der Waals surface area contributed by atoms with E-state index in [1.165, 1.54) is 32.1 Å². The Balaban J connectivity index is 2.61. The fourth-order valence-electron chi connectivity index (χ4n) is 6.48. The molecule has 0 bridgehead atoms. The van der Waals surface area contributed by atoms with Gasteiger partial charge in [0.2, 0.25) is 0 Å². The molecule has 0 saturated heterocycles. The lowest BCUT2D eigenvalue weighted by molar-refractivity contribution is -0.161. The molecule has 344 valence electrons. The molecule has 59 heavy (non-hydrogen) atoms. The smallest absolute Gasteiger partial charge is 0.462 e. The Morgan fingerprint density at radius 1 is 0.780 bits per heavy atom. The molecular weight excluding hydrogens is 810 g/mol. The standard InChI is InChI=1S/C41H74O16P2/c1-4-6-15-21-33(42)25-26-37-36(38(44)27-39(37)45)22-17-13-14-19-24-41(47)57-35(31-56-59(51,52)55-29-34(43)28-54-58(48,49)50)30-53-40(46)23-18-12-10-8-7-9-11-16-20-32(3)5-2/h13,17,25-26,32-38,42-44H,4-12,14-16,18-24,27-31H2,1-3H3,(H,51,52)(H2,48,49,50)/b17-13-,26-25+/t32?,33-,34-,35+,36+,37+,38-/m0/s1. The number of hydrogen-bond acceptors (Lipinski definition) is 13. The Morgan fingerprint density at radius 2 is 1.39 bits per heavy atom. The van der Waals surface area contributed by atoms with Gasteiger partial charge in [0.25, 0.3) is 0 Å². The summed E-state index contributed by atoms with van der Waals surface area (Å²) in [5.41, 5.74) is 0. The fourth-order valence-corrected chi connectivity index (χ4v) is 7.64. The molecule has 0 aromatic rings. The maximum atomic E-state index is 12.7. The number of esters is 2. The molecule has 0 aromatic carbocycles. The molecule has 1 saturated carbocycles. The van der Waals surface area contributed by atoms with E-state index in [1.807, 2.05) is 12.2 Å². The van der Waals surface area contributed by atoms with Gasteiger partial charge in [-0.1, -0.05) is 122 Å². The summed E-state index contributed by atoms with van der Waals surface area (Å²) in [6.07, 6.45) is 18.5. The minimum absolute atomic E-state index is 0.0541. The van der Waals surface area contributed by atoms with Gasteiger partial charge in [0.15, 0.2) is 6.10 Å². The summed E-state index contributed by atoms with van der Waals surface area (Å²) in [5, 5.41) is 30.5. The monoisotopic (exact) mass is 884 g/mol. The van der Waals surface area contributed by atoms with Gasteiger partial charge in [0.1, 0.15) is 18.5 Å². The molecule has 1 aliphatic rings. The van der Waals surface area contributed by atoms with Gasteiger partial charge in [-0.15, -0.1) is 0 Å². The van der Waals surface area contributed by atoms with E-state index < -0.39 is 84.3 Å². The van der Waals surface area contributed by atoms with Crippen molar-refractivity contribution in [1.29, 1.82) is 0 Å². The second-order valence-electron chi connectivity index (χ2n) is 15.7. The minimum Gasteiger partial charge on any atom is -0.462 e. The van der Waals surface area contributed by atoms with Crippen molar-refractivity contribution >= 4 is 33.4 Å². The highest BCUT2D eigenvalue weighted by atomic mass is 31.2. The van der Waals surface area contributed by atoms with Gasteiger partial charge in [0.05, 0.1) is 32.0 Å². The molecule has 6 N–H and O–H groups in total. The van der Waals surface area contributed by atoms with Crippen LogP contribution in [0.3, 0.4) is 0 Å². The molecule has 1 rings (SSSR count). The number of aliphatic hydroxyl groups is 3. The van der Waals surface area contributed by atoms with Crippen molar-refractivity contribution in [1.82, 2.24) is 0 Å². The number of rotatable bonds is 36. The lowest BCUT2D eigenvalue weighted by Crippen LogP contribution is -2.29. The predicted octanol–water partition coefficient (Wildman–Crippen LogP) is 7.17. The number of unbranched alkanes of at least 4 members (excludes halogenated alkanes) is 10. The molecule has 0 amide bonds. The van der Waals surface area contributed by atoms with Crippen molar-refractivity contribution in [3.05, 3.63) is 24.3 Å². The molecule has 0 heterocycles. The molecule has 1 fully saturated rings. The topological polar surface area (TPSA) is 253 Å². The van der Waals surface area contributed by atoms with Crippen LogP contribution in [0.2, 0.25) is 0 Å². The number of ether oxygens (including phenoxy) is 2. The zero-order valence-corrected chi connectivity index (χ0v) is 37.3. The van der Waals surface area contributed by atoms with Gasteiger partial charge in [-0.05, 0) is 38.0 Å². The molecular formula is C41H74O16P2. The number of Topliss-reactive ketones (excluding diaryl/α,β-unsaturated/α-hetero) is 1. The first-order valence-corrected chi connectivity index (χ1v) is 24.6. The van der Waals surface area contributed by atoms with E-state index in [4.69, 9.17) is 23.8 Å². The number of hydrogen-bond donors (Lipinski definition) is 6. The van der Waals surface area contributed by atoms with Gasteiger partial charge < -0.3 is 39.5 Å². The van der Waals surface area contributed by atoms with Crippen LogP contribution in [-0.2, 0) is 46.6 Å². The highest BCUT2D eigenvalue weighted by molar-refractivity contribution is 7.47. The van der Waals surface area contributed by atoms with Crippen LogP contribution in [0.25, 0.3) is 0 Å². The highest BCUT2D eigenvalue weighted by Crippen LogP contribution is 2.44. The summed E-state index contributed by atoms with van der Waals surface area (Å²) in [6, 6.07) is 0. The molecule has 0 radical (unpaired) electrons.